The smallest absolute Gasteiger partial charge is 0.182 e. The number of rotatable bonds is 4. The molecule has 0 bridgehead atoms. The van der Waals surface area contributed by atoms with Crippen molar-refractivity contribution in [1.82, 2.24) is 0 Å². The third-order valence-corrected chi connectivity index (χ3v) is 11.9. The fraction of sp³-hybridized carbons (Fsp3) is 0.333. The van der Waals surface area contributed by atoms with E-state index in [2.05, 4.69) is 127 Å². The van der Waals surface area contributed by atoms with Gasteiger partial charge in [-0.25, -0.2) is 8.78 Å². The molecule has 2 N–H and O–H groups in total. The van der Waals surface area contributed by atoms with Crippen molar-refractivity contribution >= 4 is 127 Å². The first-order chi connectivity index (χ1) is 24.4. The third-order valence-electron chi connectivity index (χ3n) is 8.25. The van der Waals surface area contributed by atoms with Gasteiger partial charge in [-0.2, -0.15) is 0 Å². The summed E-state index contributed by atoms with van der Waals surface area (Å²) in [4.78, 5) is 0. The minimum Gasteiger partial charge on any atom is -0.380 e. The molecule has 4 fully saturated rings. The van der Waals surface area contributed by atoms with Crippen molar-refractivity contribution in [2.24, 2.45) is 0 Å². The van der Waals surface area contributed by atoms with Crippen molar-refractivity contribution in [2.75, 3.05) is 52.9 Å². The van der Waals surface area contributed by atoms with E-state index in [9.17, 15) is 19.0 Å². The van der Waals surface area contributed by atoms with Crippen molar-refractivity contribution < 1.29 is 37.9 Å². The van der Waals surface area contributed by atoms with Crippen molar-refractivity contribution in [2.45, 2.75) is 22.5 Å². The van der Waals surface area contributed by atoms with E-state index >= 15 is 0 Å². The van der Waals surface area contributed by atoms with E-state index < -0.39 is 22.5 Å². The van der Waals surface area contributed by atoms with Crippen LogP contribution in [0.15, 0.2) is 109 Å². The second kappa shape index (κ2) is 18.3. The highest BCUT2D eigenvalue weighted by Crippen LogP contribution is 2.40. The van der Waals surface area contributed by atoms with Gasteiger partial charge in [-0.3, -0.25) is 0 Å². The number of hydrogen-bond acceptors (Lipinski definition) is 6. The highest BCUT2D eigenvalue weighted by atomic mass is 79.9. The molecular formula is C36H30Br8F2O6. The molecule has 4 aliphatic rings. The lowest BCUT2D eigenvalue weighted by atomic mass is 9.86. The number of ether oxygens (including phenoxy) is 4. The minimum atomic E-state index is -1.42. The van der Waals surface area contributed by atoms with Gasteiger partial charge in [0.1, 0.15) is 11.2 Å². The Bertz CT molecular complexity index is 1690. The Balaban J connectivity index is 0.000000137. The first-order valence-corrected chi connectivity index (χ1v) is 21.7. The van der Waals surface area contributed by atoms with E-state index in [0.29, 0.717) is 29.9 Å². The van der Waals surface area contributed by atoms with E-state index in [-0.39, 0.29) is 39.6 Å². The van der Waals surface area contributed by atoms with Gasteiger partial charge in [-0.15, -0.1) is 0 Å². The van der Waals surface area contributed by atoms with Gasteiger partial charge in [0.2, 0.25) is 0 Å². The fourth-order valence-electron chi connectivity index (χ4n) is 5.09. The number of aliphatic hydroxyl groups is 2. The lowest BCUT2D eigenvalue weighted by molar-refractivity contribution is -0.185. The second-order valence-corrected chi connectivity index (χ2v) is 19.9. The first kappa shape index (κ1) is 43.5. The molecule has 4 aromatic rings. The standard InChI is InChI=1S/C12H12BrFO3.C9H7Br2FO.C9H8Br2O2.C6H3Br3/c13-10-2-8(11(14)4-16-5-11)1-9(3-10)12(15)6-17-7-12;2*10-7-1-6(2-8(11)3-7)9(12)4-13-5-9;7-4-1-5(8)3-6(9)2-4/h1-3,15H,4-7H2;1-3H,4-5H2;1-3,12H,4-5H2;1-3H. The second-order valence-electron chi connectivity index (χ2n) is 12.6. The molecule has 0 spiro atoms. The summed E-state index contributed by atoms with van der Waals surface area (Å²) in [5.74, 6) is 0. The Morgan fingerprint density at radius 2 is 0.558 bits per heavy atom. The van der Waals surface area contributed by atoms with Crippen LogP contribution in [0.1, 0.15) is 22.3 Å². The van der Waals surface area contributed by atoms with Crippen LogP contribution in [0.25, 0.3) is 0 Å². The van der Waals surface area contributed by atoms with E-state index in [4.69, 9.17) is 18.9 Å². The average Bonchev–Trinajstić information content (AvgIpc) is 2.99. The van der Waals surface area contributed by atoms with Crippen LogP contribution in [0.5, 0.6) is 0 Å². The molecular weight excluding hydrogens is 1210 g/mol. The van der Waals surface area contributed by atoms with Crippen LogP contribution in [0, 0.1) is 0 Å². The van der Waals surface area contributed by atoms with Crippen molar-refractivity contribution in [1.29, 1.82) is 0 Å². The molecule has 0 radical (unpaired) electrons. The summed E-state index contributed by atoms with van der Waals surface area (Å²) in [5, 5.41) is 20.2. The van der Waals surface area contributed by atoms with Gasteiger partial charge in [0.15, 0.2) is 11.3 Å². The molecule has 0 atom stereocenters. The number of hydrogen-bond donors (Lipinski definition) is 2. The monoisotopic (exact) mass is 1230 g/mol. The highest BCUT2D eigenvalue weighted by Gasteiger charge is 2.44. The van der Waals surface area contributed by atoms with Gasteiger partial charge in [0, 0.05) is 35.8 Å². The first-order valence-electron chi connectivity index (χ1n) is 15.4. The Morgan fingerprint density at radius 1 is 0.346 bits per heavy atom. The molecule has 0 aliphatic carbocycles. The summed E-state index contributed by atoms with van der Waals surface area (Å²) in [6, 6.07) is 22.4. The van der Waals surface area contributed by atoms with Gasteiger partial charge >= 0.3 is 0 Å². The lowest BCUT2D eigenvalue weighted by Gasteiger charge is -2.39. The Labute approximate surface area is 367 Å². The Morgan fingerprint density at radius 3 is 0.808 bits per heavy atom. The van der Waals surface area contributed by atoms with Crippen LogP contribution in [-0.4, -0.2) is 63.1 Å². The topological polar surface area (TPSA) is 77.4 Å². The van der Waals surface area contributed by atoms with Crippen LogP contribution in [0.4, 0.5) is 8.78 Å². The molecule has 4 heterocycles. The Hall–Kier alpha value is 0.340. The summed E-state index contributed by atoms with van der Waals surface area (Å²) < 4.78 is 55.5. The molecule has 0 saturated carbocycles. The fourth-order valence-corrected chi connectivity index (χ4v) is 10.6. The molecule has 0 unspecified atom stereocenters. The number of halogens is 10. The van der Waals surface area contributed by atoms with Crippen molar-refractivity contribution in [3.63, 3.8) is 0 Å². The van der Waals surface area contributed by atoms with E-state index in [1.165, 1.54) is 0 Å². The van der Waals surface area contributed by atoms with E-state index in [0.717, 1.165) is 41.3 Å². The molecule has 280 valence electrons. The molecule has 4 aromatic carbocycles. The van der Waals surface area contributed by atoms with Crippen LogP contribution in [-0.2, 0) is 41.5 Å². The minimum absolute atomic E-state index is 0.0812. The maximum absolute atomic E-state index is 14.2. The van der Waals surface area contributed by atoms with E-state index in [1.54, 1.807) is 30.3 Å². The van der Waals surface area contributed by atoms with Gasteiger partial charge in [0.05, 0.1) is 52.9 Å². The van der Waals surface area contributed by atoms with Gasteiger partial charge in [-0.05, 0) is 95.1 Å². The summed E-state index contributed by atoms with van der Waals surface area (Å²) in [5.41, 5.74) is -1.66. The number of alkyl halides is 2. The Kier molecular flexibility index (Phi) is 15.3. The largest absolute Gasteiger partial charge is 0.380 e. The molecule has 4 saturated heterocycles. The number of benzene rings is 4. The summed E-state index contributed by atoms with van der Waals surface area (Å²) in [7, 11) is 0. The maximum Gasteiger partial charge on any atom is 0.182 e. The summed E-state index contributed by atoms with van der Waals surface area (Å²) >= 11 is 26.8. The normalized spacial score (nSPS) is 19.6. The van der Waals surface area contributed by atoms with Crippen LogP contribution >= 0.6 is 127 Å². The van der Waals surface area contributed by atoms with Crippen molar-refractivity contribution in [3.05, 3.63) is 131 Å². The zero-order valence-electron chi connectivity index (χ0n) is 26.9. The lowest BCUT2D eigenvalue weighted by Crippen LogP contribution is -2.47. The van der Waals surface area contributed by atoms with Gasteiger partial charge in [0.25, 0.3) is 0 Å². The summed E-state index contributed by atoms with van der Waals surface area (Å²) in [6.07, 6.45) is 0. The predicted octanol–water partition coefficient (Wildman–Crippen LogP) is 11.7. The zero-order valence-corrected chi connectivity index (χ0v) is 39.6. The zero-order chi connectivity index (χ0) is 37.9. The SMILES string of the molecule is Brc1cc(Br)cc(Br)c1.FC1(c2cc(Br)cc(Br)c2)COC1.OC1(c2cc(Br)cc(Br)c2)COC1.OC1(c2cc(Br)cc(C3(F)COC3)c2)COC1. The highest BCUT2D eigenvalue weighted by molar-refractivity contribution is 9.12. The third kappa shape index (κ3) is 11.3. The maximum atomic E-state index is 14.2. The molecule has 4 aliphatic heterocycles. The molecule has 6 nitrogen and oxygen atoms in total. The predicted molar refractivity (Wildman–Crippen MR) is 224 cm³/mol. The molecule has 52 heavy (non-hydrogen) atoms. The molecule has 8 rings (SSSR count). The van der Waals surface area contributed by atoms with Crippen LogP contribution < -0.4 is 0 Å². The van der Waals surface area contributed by atoms with Gasteiger partial charge < -0.3 is 29.2 Å². The quantitative estimate of drug-likeness (QED) is 0.212. The van der Waals surface area contributed by atoms with Crippen molar-refractivity contribution in [3.8, 4) is 0 Å². The van der Waals surface area contributed by atoms with Crippen LogP contribution in [0.3, 0.4) is 0 Å². The summed E-state index contributed by atoms with van der Waals surface area (Å²) in [6.45, 7) is 1.78. The van der Waals surface area contributed by atoms with E-state index in [1.807, 2.05) is 42.5 Å². The molecule has 0 aromatic heterocycles. The molecule has 16 heteroatoms. The van der Waals surface area contributed by atoms with Gasteiger partial charge in [-0.1, -0.05) is 127 Å². The molecule has 0 amide bonds. The average molecular weight is 1240 g/mol. The van der Waals surface area contributed by atoms with Crippen LogP contribution in [0.2, 0.25) is 0 Å².